The maximum Gasteiger partial charge on any atom is 0.326 e. The highest BCUT2D eigenvalue weighted by Crippen LogP contribution is 2.13. The van der Waals surface area contributed by atoms with Gasteiger partial charge in [-0.2, -0.15) is 0 Å². The molecule has 19 heavy (non-hydrogen) atoms. The molecule has 0 spiro atoms. The van der Waals surface area contributed by atoms with Gasteiger partial charge in [-0.3, -0.25) is 4.79 Å². The van der Waals surface area contributed by atoms with Gasteiger partial charge in [0, 0.05) is 5.56 Å². The lowest BCUT2D eigenvalue weighted by atomic mass is 10.0. The van der Waals surface area contributed by atoms with E-state index < -0.39 is 17.9 Å². The molecule has 0 radical (unpaired) electrons. The Kier molecular flexibility index (Phi) is 5.36. The molecule has 1 aromatic carbocycles. The Hall–Kier alpha value is -2.04. The predicted molar refractivity (Wildman–Crippen MR) is 71.3 cm³/mol. The van der Waals surface area contributed by atoms with Crippen LogP contribution in [0, 0.1) is 5.92 Å². The molecule has 0 saturated heterocycles. The molecule has 5 heteroatoms. The molecule has 0 aliphatic rings. The molecule has 5 nitrogen and oxygen atoms in total. The molecule has 1 amide bonds. The number of carboxylic acid groups (broad SMARTS) is 1. The highest BCUT2D eigenvalue weighted by atomic mass is 16.5. The van der Waals surface area contributed by atoms with Gasteiger partial charge in [0.15, 0.2) is 0 Å². The van der Waals surface area contributed by atoms with Gasteiger partial charge in [-0.25, -0.2) is 4.79 Å². The van der Waals surface area contributed by atoms with Crippen LogP contribution in [0.2, 0.25) is 0 Å². The molecule has 0 unspecified atom stereocenters. The molecule has 0 aliphatic carbocycles. The number of nitrogens with one attached hydrogen (secondary N) is 1. The zero-order chi connectivity index (χ0) is 14.4. The molecule has 1 aromatic rings. The maximum atomic E-state index is 12.0. The van der Waals surface area contributed by atoms with E-state index in [-0.39, 0.29) is 5.92 Å². The zero-order valence-electron chi connectivity index (χ0n) is 11.3. The summed E-state index contributed by atoms with van der Waals surface area (Å²) in [5.74, 6) is -0.688. The van der Waals surface area contributed by atoms with Crippen LogP contribution in [0.4, 0.5) is 0 Å². The van der Waals surface area contributed by atoms with Crippen LogP contribution in [-0.2, 0) is 4.79 Å². The van der Waals surface area contributed by atoms with Crippen molar-refractivity contribution in [3.63, 3.8) is 0 Å². The van der Waals surface area contributed by atoms with Gasteiger partial charge in [-0.15, -0.1) is 0 Å². The summed E-state index contributed by atoms with van der Waals surface area (Å²) in [6, 6.07) is 5.72. The minimum absolute atomic E-state index is 0.187. The summed E-state index contributed by atoms with van der Waals surface area (Å²) in [5, 5.41) is 11.6. The molecule has 1 atom stereocenters. The lowest BCUT2D eigenvalue weighted by Gasteiger charge is -2.16. The standard InChI is InChI=1S/C14H19NO4/c1-9(2)7-12(14(17)18)15-13(16)10-5-4-6-11(8-10)19-3/h4-6,8-9,12H,7H2,1-3H3,(H,15,16)(H,17,18)/t12-/m1/s1. The fourth-order valence-corrected chi connectivity index (χ4v) is 1.70. The summed E-state index contributed by atoms with van der Waals surface area (Å²) in [4.78, 5) is 23.1. The summed E-state index contributed by atoms with van der Waals surface area (Å²) in [6.07, 6.45) is 0.394. The van der Waals surface area contributed by atoms with Gasteiger partial charge in [0.25, 0.3) is 5.91 Å². The van der Waals surface area contributed by atoms with E-state index in [0.717, 1.165) is 0 Å². The molecule has 0 aromatic heterocycles. The Bertz CT molecular complexity index is 457. The zero-order valence-corrected chi connectivity index (χ0v) is 11.3. The molecular formula is C14H19NO4. The number of carboxylic acids is 1. The highest BCUT2D eigenvalue weighted by Gasteiger charge is 2.21. The first-order chi connectivity index (χ1) is 8.93. The largest absolute Gasteiger partial charge is 0.497 e. The van der Waals surface area contributed by atoms with Gasteiger partial charge in [0.05, 0.1) is 7.11 Å². The quantitative estimate of drug-likeness (QED) is 0.824. The van der Waals surface area contributed by atoms with Gasteiger partial charge in [-0.1, -0.05) is 19.9 Å². The average molecular weight is 265 g/mol. The predicted octanol–water partition coefficient (Wildman–Crippen LogP) is 1.92. The number of amides is 1. The summed E-state index contributed by atoms with van der Waals surface area (Å²) in [5.41, 5.74) is 0.384. The van der Waals surface area contributed by atoms with Crippen LogP contribution < -0.4 is 10.1 Å². The Morgan fingerprint density at radius 2 is 2.05 bits per heavy atom. The second-order valence-electron chi connectivity index (χ2n) is 4.73. The third-order valence-corrected chi connectivity index (χ3v) is 2.64. The number of carbonyl (C=O) groups excluding carboxylic acids is 1. The summed E-state index contributed by atoms with van der Waals surface area (Å²) < 4.78 is 5.03. The van der Waals surface area contributed by atoms with Crippen molar-refractivity contribution in [2.45, 2.75) is 26.3 Å². The lowest BCUT2D eigenvalue weighted by Crippen LogP contribution is -2.41. The molecule has 1 rings (SSSR count). The first-order valence-corrected chi connectivity index (χ1v) is 6.11. The van der Waals surface area contributed by atoms with Gasteiger partial charge in [-0.05, 0) is 30.5 Å². The first kappa shape index (κ1) is 15.0. The van der Waals surface area contributed by atoms with Crippen LogP contribution in [0.15, 0.2) is 24.3 Å². The molecule has 0 saturated carbocycles. The van der Waals surface area contributed by atoms with Crippen molar-refractivity contribution in [3.8, 4) is 5.75 Å². The third kappa shape index (κ3) is 4.62. The molecule has 104 valence electrons. The van der Waals surface area contributed by atoms with Crippen LogP contribution in [0.5, 0.6) is 5.75 Å². The van der Waals surface area contributed by atoms with E-state index >= 15 is 0 Å². The van der Waals surface area contributed by atoms with E-state index in [4.69, 9.17) is 9.84 Å². The normalized spacial score (nSPS) is 12.0. The number of benzene rings is 1. The van der Waals surface area contributed by atoms with Gasteiger partial charge in [0.2, 0.25) is 0 Å². The second kappa shape index (κ2) is 6.78. The van der Waals surface area contributed by atoms with Crippen molar-refractivity contribution in [3.05, 3.63) is 29.8 Å². The minimum Gasteiger partial charge on any atom is -0.497 e. The van der Waals surface area contributed by atoms with Crippen molar-refractivity contribution < 1.29 is 19.4 Å². The van der Waals surface area contributed by atoms with Gasteiger partial charge in [0.1, 0.15) is 11.8 Å². The highest BCUT2D eigenvalue weighted by molar-refractivity contribution is 5.96. The maximum absolute atomic E-state index is 12.0. The van der Waals surface area contributed by atoms with E-state index in [1.807, 2.05) is 13.8 Å². The number of rotatable bonds is 6. The topological polar surface area (TPSA) is 75.6 Å². The van der Waals surface area contributed by atoms with Crippen molar-refractivity contribution in [2.75, 3.05) is 7.11 Å². The van der Waals surface area contributed by atoms with E-state index in [0.29, 0.717) is 17.7 Å². The summed E-state index contributed by atoms with van der Waals surface area (Å²) in [6.45, 7) is 3.82. The van der Waals surface area contributed by atoms with E-state index in [2.05, 4.69) is 5.32 Å². The van der Waals surface area contributed by atoms with Crippen molar-refractivity contribution in [1.82, 2.24) is 5.32 Å². The van der Waals surface area contributed by atoms with Crippen molar-refractivity contribution >= 4 is 11.9 Å². The number of hydrogen-bond donors (Lipinski definition) is 2. The fraction of sp³-hybridized carbons (Fsp3) is 0.429. The monoisotopic (exact) mass is 265 g/mol. The lowest BCUT2D eigenvalue weighted by molar-refractivity contribution is -0.139. The number of carbonyl (C=O) groups is 2. The summed E-state index contributed by atoms with van der Waals surface area (Å²) >= 11 is 0. The molecular weight excluding hydrogens is 246 g/mol. The molecule has 2 N–H and O–H groups in total. The van der Waals surface area contributed by atoms with Crippen LogP contribution in [0.3, 0.4) is 0 Å². The molecule has 0 fully saturated rings. The third-order valence-electron chi connectivity index (χ3n) is 2.64. The van der Waals surface area contributed by atoms with Crippen LogP contribution in [0.1, 0.15) is 30.6 Å². The van der Waals surface area contributed by atoms with E-state index in [1.165, 1.54) is 7.11 Å². The Balaban J connectivity index is 2.78. The molecule has 0 heterocycles. The molecule has 0 bridgehead atoms. The Morgan fingerprint density at radius 3 is 2.58 bits per heavy atom. The SMILES string of the molecule is COc1cccc(C(=O)N[C@H](CC(C)C)C(=O)O)c1. The minimum atomic E-state index is -1.02. The van der Waals surface area contributed by atoms with Crippen LogP contribution in [-0.4, -0.2) is 30.1 Å². The number of methoxy groups -OCH3 is 1. The van der Waals surface area contributed by atoms with Crippen LogP contribution >= 0.6 is 0 Å². The molecule has 0 aliphatic heterocycles. The van der Waals surface area contributed by atoms with E-state index in [1.54, 1.807) is 24.3 Å². The smallest absolute Gasteiger partial charge is 0.326 e. The second-order valence-corrected chi connectivity index (χ2v) is 4.73. The average Bonchev–Trinajstić information content (AvgIpc) is 2.37. The fourth-order valence-electron chi connectivity index (χ4n) is 1.70. The van der Waals surface area contributed by atoms with Crippen molar-refractivity contribution in [2.24, 2.45) is 5.92 Å². The summed E-state index contributed by atoms with van der Waals surface area (Å²) in [7, 11) is 1.51. The van der Waals surface area contributed by atoms with Gasteiger partial charge >= 0.3 is 5.97 Å². The van der Waals surface area contributed by atoms with Gasteiger partial charge < -0.3 is 15.2 Å². The van der Waals surface area contributed by atoms with Crippen molar-refractivity contribution in [1.29, 1.82) is 0 Å². The Morgan fingerprint density at radius 1 is 1.37 bits per heavy atom. The number of ether oxygens (including phenoxy) is 1. The first-order valence-electron chi connectivity index (χ1n) is 6.11. The number of aliphatic carboxylic acids is 1. The Labute approximate surface area is 112 Å². The number of hydrogen-bond acceptors (Lipinski definition) is 3. The van der Waals surface area contributed by atoms with E-state index in [9.17, 15) is 9.59 Å². The van der Waals surface area contributed by atoms with Crippen LogP contribution in [0.25, 0.3) is 0 Å².